The van der Waals surface area contributed by atoms with Crippen LogP contribution in [0.15, 0.2) is 5.10 Å². The molecule has 46 valence electrons. The molecule has 3 heteroatoms. The summed E-state index contributed by atoms with van der Waals surface area (Å²) in [4.78, 5) is 10.1. The normalized spacial score (nSPS) is 9.75. The van der Waals surface area contributed by atoms with Gasteiger partial charge in [-0.1, -0.05) is 6.92 Å². The molecular weight excluding hydrogens is 104 g/mol. The van der Waals surface area contributed by atoms with Crippen molar-refractivity contribution >= 4 is 12.1 Å². The molecule has 0 radical (unpaired) electrons. The lowest BCUT2D eigenvalue weighted by Gasteiger charge is -1.86. The van der Waals surface area contributed by atoms with Gasteiger partial charge in [-0.05, 0) is 6.42 Å². The summed E-state index contributed by atoms with van der Waals surface area (Å²) in [6.45, 7) is 3.37. The van der Waals surface area contributed by atoms with E-state index in [0.717, 1.165) is 6.42 Å². The van der Waals surface area contributed by atoms with Crippen LogP contribution in [-0.2, 0) is 4.79 Å². The first-order valence-corrected chi connectivity index (χ1v) is 2.55. The molecule has 0 saturated heterocycles. The molecule has 8 heavy (non-hydrogen) atoms. The third kappa shape index (κ3) is 5.14. The van der Waals surface area contributed by atoms with Gasteiger partial charge in [-0.25, -0.2) is 5.43 Å². The maximum absolute atomic E-state index is 10.1. The average Bonchev–Trinajstić information content (AvgIpc) is 1.66. The summed E-state index contributed by atoms with van der Waals surface area (Å²) in [5, 5.41) is 3.56. The second-order valence-corrected chi connectivity index (χ2v) is 1.39. The van der Waals surface area contributed by atoms with Gasteiger partial charge < -0.3 is 0 Å². The fourth-order valence-electron chi connectivity index (χ4n) is 0.228. The van der Waals surface area contributed by atoms with Crippen LogP contribution < -0.4 is 5.43 Å². The van der Waals surface area contributed by atoms with Crippen LogP contribution in [0.5, 0.6) is 0 Å². The molecule has 0 fully saturated rings. The molecule has 3 nitrogen and oxygen atoms in total. The van der Waals surface area contributed by atoms with Crippen molar-refractivity contribution in [1.82, 2.24) is 5.43 Å². The summed E-state index contributed by atoms with van der Waals surface area (Å²) in [6, 6.07) is 0. The van der Waals surface area contributed by atoms with Crippen molar-refractivity contribution in [3.8, 4) is 0 Å². The molecule has 0 heterocycles. The molecule has 0 aliphatic carbocycles. The first kappa shape index (κ1) is 7.14. The number of amides is 1. The number of carbonyl (C=O) groups excluding carboxylic acids is 1. The third-order valence-corrected chi connectivity index (χ3v) is 0.496. The zero-order valence-electron chi connectivity index (χ0n) is 5.14. The van der Waals surface area contributed by atoms with Gasteiger partial charge in [-0.15, -0.1) is 0 Å². The van der Waals surface area contributed by atoms with Crippen molar-refractivity contribution in [2.45, 2.75) is 20.3 Å². The summed E-state index contributed by atoms with van der Waals surface area (Å²) < 4.78 is 0. The molecule has 0 aliphatic heterocycles. The first-order valence-electron chi connectivity index (χ1n) is 2.55. The molecule has 0 rings (SSSR count). The van der Waals surface area contributed by atoms with E-state index in [0.29, 0.717) is 0 Å². The first-order chi connectivity index (χ1) is 3.77. The van der Waals surface area contributed by atoms with Gasteiger partial charge in [0, 0.05) is 13.1 Å². The van der Waals surface area contributed by atoms with E-state index in [4.69, 9.17) is 0 Å². The predicted molar refractivity (Wildman–Crippen MR) is 32.6 cm³/mol. The quantitative estimate of drug-likeness (QED) is 0.412. The van der Waals surface area contributed by atoms with E-state index in [1.807, 2.05) is 6.92 Å². The lowest BCUT2D eigenvalue weighted by molar-refractivity contribution is -0.118. The minimum absolute atomic E-state index is 0.130. The molecule has 0 aliphatic rings. The minimum atomic E-state index is -0.130. The molecular formula is C5H10N2O. The van der Waals surface area contributed by atoms with E-state index >= 15 is 0 Å². The predicted octanol–water partition coefficient (Wildman–Crippen LogP) is 0.518. The highest BCUT2D eigenvalue weighted by atomic mass is 16.2. The second-order valence-electron chi connectivity index (χ2n) is 1.39. The van der Waals surface area contributed by atoms with Crippen LogP contribution in [0.2, 0.25) is 0 Å². The van der Waals surface area contributed by atoms with Crippen LogP contribution in [-0.4, -0.2) is 12.1 Å². The lowest BCUT2D eigenvalue weighted by Crippen LogP contribution is -2.11. The van der Waals surface area contributed by atoms with Crippen molar-refractivity contribution in [3.05, 3.63) is 0 Å². The van der Waals surface area contributed by atoms with E-state index in [9.17, 15) is 4.79 Å². The third-order valence-electron chi connectivity index (χ3n) is 0.496. The Balaban J connectivity index is 3.16. The fraction of sp³-hybridized carbons (Fsp3) is 0.600. The topological polar surface area (TPSA) is 41.5 Å². The zero-order valence-corrected chi connectivity index (χ0v) is 5.14. The molecule has 0 unspecified atom stereocenters. The van der Waals surface area contributed by atoms with Crippen molar-refractivity contribution < 1.29 is 4.79 Å². The van der Waals surface area contributed by atoms with Crippen molar-refractivity contribution in [3.63, 3.8) is 0 Å². The van der Waals surface area contributed by atoms with Gasteiger partial charge in [0.25, 0.3) is 0 Å². The Labute approximate surface area is 48.8 Å². The van der Waals surface area contributed by atoms with E-state index in [1.165, 1.54) is 6.92 Å². The number of hydrogen-bond donors (Lipinski definition) is 1. The Bertz CT molecular complexity index is 98.6. The minimum Gasteiger partial charge on any atom is -0.274 e. The summed E-state index contributed by atoms with van der Waals surface area (Å²) in [5.41, 5.74) is 2.28. The molecule has 1 amide bonds. The Hall–Kier alpha value is -0.860. The number of carbonyl (C=O) groups is 1. The Morgan fingerprint density at radius 1 is 1.88 bits per heavy atom. The number of nitrogens with one attached hydrogen (secondary N) is 1. The summed E-state index contributed by atoms with van der Waals surface area (Å²) in [5.74, 6) is -0.130. The maximum atomic E-state index is 10.1. The SMILES string of the molecule is CC/C=N/NC(C)=O. The van der Waals surface area contributed by atoms with E-state index in [2.05, 4.69) is 10.5 Å². The van der Waals surface area contributed by atoms with Crippen molar-refractivity contribution in [2.24, 2.45) is 5.10 Å². The Kier molecular flexibility index (Phi) is 3.84. The van der Waals surface area contributed by atoms with Crippen molar-refractivity contribution in [2.75, 3.05) is 0 Å². The molecule has 0 atom stereocenters. The number of rotatable bonds is 2. The molecule has 1 N–H and O–H groups in total. The van der Waals surface area contributed by atoms with Gasteiger partial charge in [0.1, 0.15) is 0 Å². The number of hydrazone groups is 1. The monoisotopic (exact) mass is 114 g/mol. The summed E-state index contributed by atoms with van der Waals surface area (Å²) in [7, 11) is 0. The van der Waals surface area contributed by atoms with Gasteiger partial charge >= 0.3 is 0 Å². The second kappa shape index (κ2) is 4.30. The summed E-state index contributed by atoms with van der Waals surface area (Å²) >= 11 is 0. The van der Waals surface area contributed by atoms with Gasteiger partial charge in [-0.3, -0.25) is 4.79 Å². The lowest BCUT2D eigenvalue weighted by atomic mass is 10.6. The summed E-state index contributed by atoms with van der Waals surface area (Å²) in [6.07, 6.45) is 2.49. The molecule has 0 bridgehead atoms. The molecule has 0 spiro atoms. The Morgan fingerprint density at radius 2 is 2.50 bits per heavy atom. The van der Waals surface area contributed by atoms with Crippen LogP contribution in [0, 0.1) is 0 Å². The maximum Gasteiger partial charge on any atom is 0.236 e. The molecule has 0 aromatic rings. The van der Waals surface area contributed by atoms with Crippen LogP contribution in [0.3, 0.4) is 0 Å². The van der Waals surface area contributed by atoms with Gasteiger partial charge in [-0.2, -0.15) is 5.10 Å². The van der Waals surface area contributed by atoms with Gasteiger partial charge in [0.15, 0.2) is 0 Å². The van der Waals surface area contributed by atoms with Crippen LogP contribution in [0.4, 0.5) is 0 Å². The average molecular weight is 114 g/mol. The molecule has 0 aromatic heterocycles. The molecule has 0 aromatic carbocycles. The Morgan fingerprint density at radius 3 is 2.88 bits per heavy atom. The van der Waals surface area contributed by atoms with Crippen LogP contribution in [0.25, 0.3) is 0 Å². The standard InChI is InChI=1S/C5H10N2O/c1-3-4-6-7-5(2)8/h4H,3H2,1-2H3,(H,7,8)/b6-4+. The van der Waals surface area contributed by atoms with E-state index < -0.39 is 0 Å². The van der Waals surface area contributed by atoms with Crippen LogP contribution >= 0.6 is 0 Å². The highest BCUT2D eigenvalue weighted by Crippen LogP contribution is 1.65. The largest absolute Gasteiger partial charge is 0.274 e. The fourth-order valence-corrected chi connectivity index (χ4v) is 0.228. The molecule has 0 saturated carbocycles. The van der Waals surface area contributed by atoms with E-state index in [1.54, 1.807) is 6.21 Å². The smallest absolute Gasteiger partial charge is 0.236 e. The highest BCUT2D eigenvalue weighted by molar-refractivity contribution is 5.73. The number of nitrogens with zero attached hydrogens (tertiary/aromatic N) is 1. The van der Waals surface area contributed by atoms with E-state index in [-0.39, 0.29) is 5.91 Å². The van der Waals surface area contributed by atoms with Crippen LogP contribution in [0.1, 0.15) is 20.3 Å². The number of hydrogen-bond acceptors (Lipinski definition) is 2. The zero-order chi connectivity index (χ0) is 6.41. The van der Waals surface area contributed by atoms with Gasteiger partial charge in [0.05, 0.1) is 0 Å². The van der Waals surface area contributed by atoms with Gasteiger partial charge in [0.2, 0.25) is 5.91 Å². The highest BCUT2D eigenvalue weighted by Gasteiger charge is 1.79. The van der Waals surface area contributed by atoms with Crippen molar-refractivity contribution in [1.29, 1.82) is 0 Å².